The van der Waals surface area contributed by atoms with Crippen LogP contribution in [0, 0.1) is 6.92 Å². The van der Waals surface area contributed by atoms with E-state index >= 15 is 0 Å². The average molecular weight is 307 g/mol. The Morgan fingerprint density at radius 2 is 1.91 bits per heavy atom. The second kappa shape index (κ2) is 9.04. The third kappa shape index (κ3) is 7.08. The molecule has 1 aromatic carbocycles. The van der Waals surface area contributed by atoms with Crippen LogP contribution in [0.2, 0.25) is 0 Å². The van der Waals surface area contributed by atoms with Gasteiger partial charge in [0, 0.05) is 14.1 Å². The van der Waals surface area contributed by atoms with E-state index in [2.05, 4.69) is 5.32 Å². The Morgan fingerprint density at radius 3 is 2.55 bits per heavy atom. The Balaban J connectivity index is 2.19. The van der Waals surface area contributed by atoms with Gasteiger partial charge >= 0.3 is 0 Å². The van der Waals surface area contributed by atoms with Crippen molar-refractivity contribution in [3.05, 3.63) is 29.8 Å². The van der Waals surface area contributed by atoms with Gasteiger partial charge in [-0.15, -0.1) is 0 Å². The van der Waals surface area contributed by atoms with Gasteiger partial charge in [-0.25, -0.2) is 0 Å². The van der Waals surface area contributed by atoms with E-state index in [4.69, 9.17) is 4.74 Å². The smallest absolute Gasteiger partial charge is 0.236 e. The SMILES string of the molecule is Cc1cccc(OCCNC(=O)CN(C)CC(=O)N(C)C)c1. The summed E-state index contributed by atoms with van der Waals surface area (Å²) in [6.45, 7) is 3.25. The first-order chi connectivity index (χ1) is 10.4. The molecule has 0 unspecified atom stereocenters. The van der Waals surface area contributed by atoms with Crippen LogP contribution in [0.25, 0.3) is 0 Å². The normalized spacial score (nSPS) is 10.4. The molecule has 0 aliphatic carbocycles. The zero-order valence-electron chi connectivity index (χ0n) is 13.8. The Bertz CT molecular complexity index is 503. The number of hydrogen-bond acceptors (Lipinski definition) is 4. The summed E-state index contributed by atoms with van der Waals surface area (Å²) in [4.78, 5) is 26.4. The van der Waals surface area contributed by atoms with Crippen molar-refractivity contribution in [3.8, 4) is 5.75 Å². The molecular weight excluding hydrogens is 282 g/mol. The number of aryl methyl sites for hydroxylation is 1. The molecule has 0 radical (unpaired) electrons. The molecule has 0 aliphatic heterocycles. The summed E-state index contributed by atoms with van der Waals surface area (Å²) in [5.41, 5.74) is 1.13. The molecule has 22 heavy (non-hydrogen) atoms. The van der Waals surface area contributed by atoms with E-state index in [1.807, 2.05) is 31.2 Å². The zero-order chi connectivity index (χ0) is 16.5. The predicted octanol–water partition coefficient (Wildman–Crippen LogP) is 0.510. The Labute approximate surface area is 132 Å². The Hall–Kier alpha value is -2.08. The first kappa shape index (κ1) is 18.0. The Kier molecular flexibility index (Phi) is 7.39. The summed E-state index contributed by atoms with van der Waals surface area (Å²) >= 11 is 0. The number of nitrogens with one attached hydrogen (secondary N) is 1. The van der Waals surface area contributed by atoms with Crippen molar-refractivity contribution >= 4 is 11.8 Å². The van der Waals surface area contributed by atoms with E-state index in [1.54, 1.807) is 26.0 Å². The molecule has 0 heterocycles. The first-order valence-electron chi connectivity index (χ1n) is 7.23. The number of likely N-dealkylation sites (N-methyl/N-ethyl adjacent to an activating group) is 2. The van der Waals surface area contributed by atoms with E-state index in [0.29, 0.717) is 13.2 Å². The highest BCUT2D eigenvalue weighted by atomic mass is 16.5. The number of rotatable bonds is 8. The topological polar surface area (TPSA) is 61.9 Å². The highest BCUT2D eigenvalue weighted by Crippen LogP contribution is 2.11. The maximum atomic E-state index is 11.7. The van der Waals surface area contributed by atoms with Gasteiger partial charge in [0.25, 0.3) is 0 Å². The second-order valence-corrected chi connectivity index (χ2v) is 5.48. The largest absolute Gasteiger partial charge is 0.492 e. The Morgan fingerprint density at radius 1 is 1.18 bits per heavy atom. The third-order valence-electron chi connectivity index (χ3n) is 3.00. The second-order valence-electron chi connectivity index (χ2n) is 5.48. The van der Waals surface area contributed by atoms with E-state index in [9.17, 15) is 9.59 Å². The average Bonchev–Trinajstić information content (AvgIpc) is 2.43. The van der Waals surface area contributed by atoms with E-state index in [1.165, 1.54) is 4.90 Å². The van der Waals surface area contributed by atoms with Crippen LogP contribution in [0.1, 0.15) is 5.56 Å². The lowest BCUT2D eigenvalue weighted by atomic mass is 10.2. The molecule has 0 atom stereocenters. The van der Waals surface area contributed by atoms with Crippen molar-refractivity contribution < 1.29 is 14.3 Å². The number of carbonyl (C=O) groups is 2. The van der Waals surface area contributed by atoms with Crippen molar-refractivity contribution in [1.29, 1.82) is 0 Å². The van der Waals surface area contributed by atoms with E-state index in [-0.39, 0.29) is 24.9 Å². The van der Waals surface area contributed by atoms with Crippen molar-refractivity contribution in [1.82, 2.24) is 15.1 Å². The minimum atomic E-state index is -0.123. The number of amides is 2. The summed E-state index contributed by atoms with van der Waals surface area (Å²) in [6, 6.07) is 7.76. The summed E-state index contributed by atoms with van der Waals surface area (Å²) < 4.78 is 5.55. The monoisotopic (exact) mass is 307 g/mol. The number of hydrogen-bond donors (Lipinski definition) is 1. The van der Waals surface area contributed by atoms with Crippen molar-refractivity contribution in [2.24, 2.45) is 0 Å². The molecule has 1 rings (SSSR count). The fourth-order valence-corrected chi connectivity index (χ4v) is 1.79. The summed E-state index contributed by atoms with van der Waals surface area (Å²) in [5.74, 6) is 0.642. The lowest BCUT2D eigenvalue weighted by molar-refractivity contribution is -0.130. The molecule has 0 fully saturated rings. The fraction of sp³-hybridized carbons (Fsp3) is 0.500. The van der Waals surface area contributed by atoms with Gasteiger partial charge in [0.2, 0.25) is 11.8 Å². The predicted molar refractivity (Wildman–Crippen MR) is 85.9 cm³/mol. The maximum Gasteiger partial charge on any atom is 0.236 e. The quantitative estimate of drug-likeness (QED) is 0.711. The molecule has 1 N–H and O–H groups in total. The molecular formula is C16H25N3O3. The maximum absolute atomic E-state index is 11.7. The minimum Gasteiger partial charge on any atom is -0.492 e. The van der Waals surface area contributed by atoms with Gasteiger partial charge in [0.05, 0.1) is 19.6 Å². The lowest BCUT2D eigenvalue weighted by Gasteiger charge is -2.18. The molecule has 6 heteroatoms. The van der Waals surface area contributed by atoms with Crippen molar-refractivity contribution in [2.45, 2.75) is 6.92 Å². The number of carbonyl (C=O) groups excluding carboxylic acids is 2. The molecule has 0 aliphatic rings. The molecule has 2 amide bonds. The van der Waals surface area contributed by atoms with Crippen LogP contribution >= 0.6 is 0 Å². The highest BCUT2D eigenvalue weighted by Gasteiger charge is 2.11. The number of benzene rings is 1. The molecule has 6 nitrogen and oxygen atoms in total. The fourth-order valence-electron chi connectivity index (χ4n) is 1.79. The van der Waals surface area contributed by atoms with Crippen molar-refractivity contribution in [3.63, 3.8) is 0 Å². The van der Waals surface area contributed by atoms with Gasteiger partial charge in [-0.2, -0.15) is 0 Å². The third-order valence-corrected chi connectivity index (χ3v) is 3.00. The summed E-state index contributed by atoms with van der Waals surface area (Å²) in [5, 5.41) is 2.77. The molecule has 0 saturated carbocycles. The van der Waals surface area contributed by atoms with Gasteiger partial charge in [-0.05, 0) is 31.7 Å². The van der Waals surface area contributed by atoms with Gasteiger partial charge in [-0.3, -0.25) is 14.5 Å². The lowest BCUT2D eigenvalue weighted by Crippen LogP contribution is -2.41. The molecule has 0 aromatic heterocycles. The highest BCUT2D eigenvalue weighted by molar-refractivity contribution is 5.80. The van der Waals surface area contributed by atoms with Crippen LogP contribution in [0.4, 0.5) is 0 Å². The van der Waals surface area contributed by atoms with Gasteiger partial charge in [0.1, 0.15) is 12.4 Å². The molecule has 0 bridgehead atoms. The number of nitrogens with zero attached hydrogens (tertiary/aromatic N) is 2. The van der Waals surface area contributed by atoms with E-state index < -0.39 is 0 Å². The van der Waals surface area contributed by atoms with Crippen LogP contribution in [-0.2, 0) is 9.59 Å². The van der Waals surface area contributed by atoms with Crippen LogP contribution in [-0.4, -0.2) is 69.0 Å². The first-order valence-corrected chi connectivity index (χ1v) is 7.23. The van der Waals surface area contributed by atoms with Crippen LogP contribution < -0.4 is 10.1 Å². The van der Waals surface area contributed by atoms with Gasteiger partial charge in [-0.1, -0.05) is 12.1 Å². The summed E-state index contributed by atoms with van der Waals surface area (Å²) in [7, 11) is 5.13. The minimum absolute atomic E-state index is 0.0296. The zero-order valence-corrected chi connectivity index (χ0v) is 13.8. The van der Waals surface area contributed by atoms with Crippen LogP contribution in [0.15, 0.2) is 24.3 Å². The molecule has 0 spiro atoms. The standard InChI is InChI=1S/C16H25N3O3/c1-13-6-5-7-14(10-13)22-9-8-17-15(20)11-19(4)12-16(21)18(2)3/h5-7,10H,8-9,11-12H2,1-4H3,(H,17,20). The van der Waals surface area contributed by atoms with Gasteiger partial charge in [0.15, 0.2) is 0 Å². The van der Waals surface area contributed by atoms with Crippen LogP contribution in [0.5, 0.6) is 5.75 Å². The van der Waals surface area contributed by atoms with E-state index in [0.717, 1.165) is 11.3 Å². The van der Waals surface area contributed by atoms with Crippen LogP contribution in [0.3, 0.4) is 0 Å². The van der Waals surface area contributed by atoms with Gasteiger partial charge < -0.3 is 15.0 Å². The molecule has 122 valence electrons. The van der Waals surface area contributed by atoms with Crippen molar-refractivity contribution in [2.75, 3.05) is 47.4 Å². The molecule has 0 saturated heterocycles. The number of ether oxygens (including phenoxy) is 1. The molecule has 1 aromatic rings. The summed E-state index contributed by atoms with van der Waals surface area (Å²) in [6.07, 6.45) is 0.